The van der Waals surface area contributed by atoms with Crippen molar-refractivity contribution in [3.63, 3.8) is 0 Å². The zero-order valence-electron chi connectivity index (χ0n) is 16.1. The normalized spacial score (nSPS) is 33.3. The maximum Gasteiger partial charge on any atom is 0.244 e. The molecule has 0 aromatic heterocycles. The van der Waals surface area contributed by atoms with Crippen molar-refractivity contribution in [3.8, 4) is 6.07 Å². The number of nitrogens with zero attached hydrogens (tertiary/aromatic N) is 3. The van der Waals surface area contributed by atoms with Crippen LogP contribution < -0.4 is 0 Å². The first-order valence-corrected chi connectivity index (χ1v) is 12.0. The highest BCUT2D eigenvalue weighted by atomic mass is 32.2. The summed E-state index contributed by atoms with van der Waals surface area (Å²) >= 11 is 0. The molecule has 3 heterocycles. The minimum absolute atomic E-state index is 0.0374. The highest BCUT2D eigenvalue weighted by Crippen LogP contribution is 2.46. The molecule has 1 aromatic rings. The Balaban J connectivity index is 1.54. The summed E-state index contributed by atoms with van der Waals surface area (Å²) in [5.41, 5.74) is 1.57. The van der Waals surface area contributed by atoms with E-state index >= 15 is 0 Å². The minimum atomic E-state index is -3.69. The van der Waals surface area contributed by atoms with E-state index in [-0.39, 0.29) is 16.5 Å². The first-order chi connectivity index (χ1) is 13.6. The standard InChI is InChI=1S/C22H27N3O2S/c23-14-17-6-1-2-9-21(17)28(26,27)25-11-5-7-16-12-18-13-19(22(16)25)15-24-10-4-3-8-20(18)24/h1-2,6,9,12,18-20,22H,3-5,7-8,10-11,13,15H2/t18-,19+,20+,22+/m0/s1. The van der Waals surface area contributed by atoms with E-state index in [1.165, 1.54) is 24.8 Å². The van der Waals surface area contributed by atoms with E-state index in [9.17, 15) is 13.7 Å². The maximum absolute atomic E-state index is 13.6. The second-order valence-corrected chi connectivity index (χ2v) is 10.6. The molecule has 28 heavy (non-hydrogen) atoms. The van der Waals surface area contributed by atoms with Gasteiger partial charge in [-0.1, -0.05) is 30.2 Å². The van der Waals surface area contributed by atoms with Crippen LogP contribution in [0.3, 0.4) is 0 Å². The summed E-state index contributed by atoms with van der Waals surface area (Å²) in [5.74, 6) is 0.947. The summed E-state index contributed by atoms with van der Waals surface area (Å²) in [7, 11) is -3.69. The van der Waals surface area contributed by atoms with Crippen LogP contribution in [0, 0.1) is 23.2 Å². The Kier molecular flexibility index (Phi) is 4.58. The second-order valence-electron chi connectivity index (χ2n) is 8.73. The van der Waals surface area contributed by atoms with Gasteiger partial charge in [-0.3, -0.25) is 4.90 Å². The van der Waals surface area contributed by atoms with E-state index in [4.69, 9.17) is 0 Å². The SMILES string of the molecule is N#Cc1ccccc1S(=O)(=O)N1CCCC2=C[C@H]3C[C@H](CN4CCCC[C@H]34)[C@@H]21. The van der Waals surface area contributed by atoms with Crippen LogP contribution in [-0.4, -0.2) is 49.3 Å². The summed E-state index contributed by atoms with van der Waals surface area (Å²) in [6.07, 6.45) is 9.27. The van der Waals surface area contributed by atoms with Gasteiger partial charge in [0.1, 0.15) is 6.07 Å². The monoisotopic (exact) mass is 397 g/mol. The number of hydrogen-bond donors (Lipinski definition) is 0. The van der Waals surface area contributed by atoms with Crippen molar-refractivity contribution in [1.82, 2.24) is 9.21 Å². The lowest BCUT2D eigenvalue weighted by Crippen LogP contribution is -2.60. The minimum Gasteiger partial charge on any atom is -0.299 e. The van der Waals surface area contributed by atoms with Gasteiger partial charge in [0.2, 0.25) is 10.0 Å². The van der Waals surface area contributed by atoms with Gasteiger partial charge in [0.05, 0.1) is 16.5 Å². The average molecular weight is 398 g/mol. The van der Waals surface area contributed by atoms with E-state index in [0.717, 1.165) is 32.4 Å². The Bertz CT molecular complexity index is 949. The van der Waals surface area contributed by atoms with Crippen LogP contribution in [0.25, 0.3) is 0 Å². The number of fused-ring (bicyclic) bond motifs is 6. The molecule has 148 valence electrons. The summed E-state index contributed by atoms with van der Waals surface area (Å²) < 4.78 is 28.9. The van der Waals surface area contributed by atoms with Crippen LogP contribution in [-0.2, 0) is 10.0 Å². The number of nitriles is 1. The number of benzene rings is 1. The highest BCUT2D eigenvalue weighted by Gasteiger charge is 2.48. The van der Waals surface area contributed by atoms with Gasteiger partial charge in [0, 0.05) is 19.1 Å². The fourth-order valence-electron chi connectivity index (χ4n) is 6.10. The third-order valence-corrected chi connectivity index (χ3v) is 9.14. The molecule has 0 N–H and O–H groups in total. The van der Waals surface area contributed by atoms with Gasteiger partial charge < -0.3 is 0 Å². The summed E-state index contributed by atoms with van der Waals surface area (Å²) in [4.78, 5) is 2.78. The van der Waals surface area contributed by atoms with Crippen molar-refractivity contribution in [2.45, 2.75) is 55.5 Å². The third kappa shape index (κ3) is 2.83. The lowest BCUT2D eigenvalue weighted by atomic mass is 9.68. The largest absolute Gasteiger partial charge is 0.299 e. The predicted molar refractivity (Wildman–Crippen MR) is 107 cm³/mol. The highest BCUT2D eigenvalue weighted by molar-refractivity contribution is 7.89. The second kappa shape index (κ2) is 6.98. The van der Waals surface area contributed by atoms with Crippen LogP contribution in [0.2, 0.25) is 0 Å². The van der Waals surface area contributed by atoms with Crippen LogP contribution in [0.15, 0.2) is 40.8 Å². The molecule has 5 nitrogen and oxygen atoms in total. The molecular weight excluding hydrogens is 370 g/mol. The smallest absolute Gasteiger partial charge is 0.244 e. The number of rotatable bonds is 2. The quantitative estimate of drug-likeness (QED) is 0.719. The van der Waals surface area contributed by atoms with Crippen LogP contribution in [0.1, 0.15) is 44.1 Å². The molecule has 0 saturated carbocycles. The molecule has 1 aliphatic carbocycles. The van der Waals surface area contributed by atoms with Crippen LogP contribution in [0.5, 0.6) is 0 Å². The number of piperidine rings is 3. The molecule has 0 radical (unpaired) electrons. The summed E-state index contributed by atoms with van der Waals surface area (Å²) in [5, 5.41) is 9.43. The molecule has 0 spiro atoms. The summed E-state index contributed by atoms with van der Waals surface area (Å²) in [6, 6.07) is 9.30. The fraction of sp³-hybridized carbons (Fsp3) is 0.591. The molecular formula is C22H27N3O2S. The van der Waals surface area contributed by atoms with Crippen molar-refractivity contribution in [3.05, 3.63) is 41.5 Å². The van der Waals surface area contributed by atoms with Crippen LogP contribution in [0.4, 0.5) is 0 Å². The van der Waals surface area contributed by atoms with Crippen LogP contribution >= 0.6 is 0 Å². The molecule has 3 aliphatic heterocycles. The predicted octanol–water partition coefficient (Wildman–Crippen LogP) is 3.14. The van der Waals surface area contributed by atoms with E-state index in [2.05, 4.69) is 17.0 Å². The lowest BCUT2D eigenvalue weighted by molar-refractivity contribution is 0.0149. The Morgan fingerprint density at radius 1 is 1.11 bits per heavy atom. The summed E-state index contributed by atoms with van der Waals surface area (Å²) in [6.45, 7) is 2.71. The third-order valence-electron chi connectivity index (χ3n) is 7.21. The fourth-order valence-corrected chi connectivity index (χ4v) is 7.98. The topological polar surface area (TPSA) is 64.4 Å². The first kappa shape index (κ1) is 18.4. The molecule has 4 atom stereocenters. The van der Waals surface area contributed by atoms with Gasteiger partial charge in [-0.15, -0.1) is 0 Å². The first-order valence-electron chi connectivity index (χ1n) is 10.5. The van der Waals surface area contributed by atoms with Crippen molar-refractivity contribution >= 4 is 10.0 Å². The number of hydrogen-bond acceptors (Lipinski definition) is 4. The van der Waals surface area contributed by atoms with Crippen molar-refractivity contribution in [2.75, 3.05) is 19.6 Å². The van der Waals surface area contributed by atoms with Gasteiger partial charge in [0.25, 0.3) is 0 Å². The zero-order valence-corrected chi connectivity index (χ0v) is 16.9. The Hall–Kier alpha value is -1.68. The van der Waals surface area contributed by atoms with Gasteiger partial charge in [0.15, 0.2) is 0 Å². The maximum atomic E-state index is 13.6. The molecule has 6 heteroatoms. The van der Waals surface area contributed by atoms with E-state index in [1.807, 2.05) is 0 Å². The lowest BCUT2D eigenvalue weighted by Gasteiger charge is -2.54. The van der Waals surface area contributed by atoms with Gasteiger partial charge in [-0.25, -0.2) is 8.42 Å². The van der Waals surface area contributed by atoms with Crippen molar-refractivity contribution in [1.29, 1.82) is 5.26 Å². The van der Waals surface area contributed by atoms with E-state index in [1.54, 1.807) is 28.6 Å². The van der Waals surface area contributed by atoms with Crippen molar-refractivity contribution < 1.29 is 8.42 Å². The molecule has 3 fully saturated rings. The molecule has 3 saturated heterocycles. The van der Waals surface area contributed by atoms with Gasteiger partial charge in [-0.2, -0.15) is 9.57 Å². The van der Waals surface area contributed by atoms with E-state index in [0.29, 0.717) is 24.4 Å². The molecule has 2 bridgehead atoms. The molecule has 0 amide bonds. The average Bonchev–Trinajstić information content (AvgIpc) is 2.73. The Morgan fingerprint density at radius 2 is 1.96 bits per heavy atom. The van der Waals surface area contributed by atoms with E-state index < -0.39 is 10.0 Å². The van der Waals surface area contributed by atoms with Gasteiger partial charge >= 0.3 is 0 Å². The molecule has 1 aromatic carbocycles. The Labute approximate surface area is 167 Å². The molecule has 4 aliphatic rings. The Morgan fingerprint density at radius 3 is 2.82 bits per heavy atom. The molecule has 0 unspecified atom stereocenters. The van der Waals surface area contributed by atoms with Gasteiger partial charge in [-0.05, 0) is 62.6 Å². The van der Waals surface area contributed by atoms with Crippen molar-refractivity contribution in [2.24, 2.45) is 11.8 Å². The molecule has 5 rings (SSSR count). The number of sulfonamides is 1. The zero-order chi connectivity index (χ0) is 19.3.